The second kappa shape index (κ2) is 3.30. The lowest BCUT2D eigenvalue weighted by molar-refractivity contribution is 0.453. The van der Waals surface area contributed by atoms with Crippen LogP contribution in [0, 0.1) is 6.92 Å². The molecule has 0 aliphatic heterocycles. The van der Waals surface area contributed by atoms with Gasteiger partial charge in [-0.15, -0.1) is 0 Å². The maximum atomic E-state index is 9.84. The molecule has 0 atom stereocenters. The summed E-state index contributed by atoms with van der Waals surface area (Å²) in [5, 5.41) is 9.84. The first-order valence-electron chi connectivity index (χ1n) is 5.48. The number of hydrogen-bond donors (Lipinski definition) is 1. The molecule has 1 aromatic rings. The van der Waals surface area contributed by atoms with Crippen LogP contribution in [-0.4, -0.2) is 5.11 Å². The zero-order valence-corrected chi connectivity index (χ0v) is 9.01. The van der Waals surface area contributed by atoms with Gasteiger partial charge in [-0.3, -0.25) is 0 Å². The molecule has 0 aromatic heterocycles. The fraction of sp³-hybridized carbons (Fsp3) is 0.538. The normalized spacial score (nSPS) is 18.1. The van der Waals surface area contributed by atoms with Gasteiger partial charge in [0.05, 0.1) is 0 Å². The second-order valence-electron chi connectivity index (χ2n) is 4.55. The highest BCUT2D eigenvalue weighted by Gasteiger charge is 2.44. The van der Waals surface area contributed by atoms with E-state index in [1.807, 2.05) is 12.1 Å². The molecule has 1 heteroatoms. The van der Waals surface area contributed by atoms with Crippen LogP contribution in [0.25, 0.3) is 0 Å². The summed E-state index contributed by atoms with van der Waals surface area (Å²) in [5.74, 6) is 0.488. The third-order valence-electron chi connectivity index (χ3n) is 3.31. The van der Waals surface area contributed by atoms with E-state index in [0.29, 0.717) is 11.2 Å². The van der Waals surface area contributed by atoms with Gasteiger partial charge in [-0.25, -0.2) is 0 Å². The highest BCUT2D eigenvalue weighted by molar-refractivity contribution is 5.44. The van der Waals surface area contributed by atoms with E-state index in [2.05, 4.69) is 19.9 Å². The van der Waals surface area contributed by atoms with E-state index in [1.54, 1.807) is 0 Å². The van der Waals surface area contributed by atoms with Crippen molar-refractivity contribution in [3.05, 3.63) is 29.3 Å². The maximum absolute atomic E-state index is 9.84. The van der Waals surface area contributed by atoms with Crippen LogP contribution in [0.3, 0.4) is 0 Å². The molecule has 1 nitrogen and oxygen atoms in total. The molecule has 2 rings (SSSR count). The molecular weight excluding hydrogens is 172 g/mol. The summed E-state index contributed by atoms with van der Waals surface area (Å²) < 4.78 is 0. The molecule has 1 aromatic carbocycles. The molecule has 1 aliphatic carbocycles. The number of aryl methyl sites for hydroxylation is 1. The van der Waals surface area contributed by atoms with E-state index >= 15 is 0 Å². The Morgan fingerprint density at radius 2 is 2.07 bits per heavy atom. The number of rotatable bonds is 3. The lowest BCUT2D eigenvalue weighted by Crippen LogP contribution is -2.06. The van der Waals surface area contributed by atoms with Gasteiger partial charge in [0, 0.05) is 5.56 Å². The molecule has 0 unspecified atom stereocenters. The summed E-state index contributed by atoms with van der Waals surface area (Å²) in [7, 11) is 0. The Morgan fingerprint density at radius 1 is 1.36 bits per heavy atom. The fourth-order valence-electron chi connectivity index (χ4n) is 2.36. The highest BCUT2D eigenvalue weighted by atomic mass is 16.3. The largest absolute Gasteiger partial charge is 0.508 e. The van der Waals surface area contributed by atoms with Crippen molar-refractivity contribution >= 4 is 0 Å². The van der Waals surface area contributed by atoms with Gasteiger partial charge in [0.2, 0.25) is 0 Å². The average molecular weight is 190 g/mol. The summed E-state index contributed by atoms with van der Waals surface area (Å²) in [6.07, 6.45) is 4.91. The quantitative estimate of drug-likeness (QED) is 0.773. The first-order chi connectivity index (χ1) is 6.68. The fourth-order valence-corrected chi connectivity index (χ4v) is 2.36. The molecule has 0 bridgehead atoms. The van der Waals surface area contributed by atoms with Crippen LogP contribution >= 0.6 is 0 Å². The van der Waals surface area contributed by atoms with E-state index in [1.165, 1.54) is 36.8 Å². The Balaban J connectivity index is 2.35. The van der Waals surface area contributed by atoms with E-state index in [0.717, 1.165) is 0 Å². The first kappa shape index (κ1) is 9.57. The van der Waals surface area contributed by atoms with Gasteiger partial charge in [0.15, 0.2) is 0 Å². The Hall–Kier alpha value is -0.980. The van der Waals surface area contributed by atoms with Gasteiger partial charge in [-0.1, -0.05) is 31.0 Å². The molecule has 0 saturated heterocycles. The van der Waals surface area contributed by atoms with Crippen molar-refractivity contribution in [2.24, 2.45) is 0 Å². The summed E-state index contributed by atoms with van der Waals surface area (Å²) in [4.78, 5) is 0. The van der Waals surface area contributed by atoms with E-state index in [9.17, 15) is 5.11 Å². The van der Waals surface area contributed by atoms with Crippen LogP contribution in [-0.2, 0) is 5.41 Å². The number of phenols is 1. The molecule has 0 heterocycles. The summed E-state index contributed by atoms with van der Waals surface area (Å²) in [6.45, 7) is 4.30. The van der Waals surface area contributed by atoms with Crippen LogP contribution in [0.1, 0.15) is 43.7 Å². The molecule has 14 heavy (non-hydrogen) atoms. The maximum Gasteiger partial charge on any atom is 0.119 e. The monoisotopic (exact) mass is 190 g/mol. The lowest BCUT2D eigenvalue weighted by atomic mass is 9.89. The van der Waals surface area contributed by atoms with Gasteiger partial charge >= 0.3 is 0 Å². The minimum Gasteiger partial charge on any atom is -0.508 e. The van der Waals surface area contributed by atoms with Gasteiger partial charge in [0.1, 0.15) is 5.75 Å². The van der Waals surface area contributed by atoms with Crippen LogP contribution in [0.15, 0.2) is 18.2 Å². The van der Waals surface area contributed by atoms with Crippen molar-refractivity contribution in [2.45, 2.75) is 44.9 Å². The summed E-state index contributed by atoms with van der Waals surface area (Å²) >= 11 is 0. The minimum absolute atomic E-state index is 0.324. The van der Waals surface area contributed by atoms with E-state index in [4.69, 9.17) is 0 Å². The topological polar surface area (TPSA) is 20.2 Å². The predicted molar refractivity (Wildman–Crippen MR) is 58.7 cm³/mol. The third-order valence-corrected chi connectivity index (χ3v) is 3.31. The average Bonchev–Trinajstić information content (AvgIpc) is 2.91. The number of phenolic OH excluding ortho intramolecular Hbond substituents is 1. The zero-order valence-electron chi connectivity index (χ0n) is 9.01. The van der Waals surface area contributed by atoms with Crippen LogP contribution in [0.5, 0.6) is 5.75 Å². The van der Waals surface area contributed by atoms with E-state index in [-0.39, 0.29) is 0 Å². The molecule has 1 N–H and O–H groups in total. The molecule has 1 saturated carbocycles. The van der Waals surface area contributed by atoms with Crippen molar-refractivity contribution in [3.8, 4) is 5.75 Å². The number of aromatic hydroxyl groups is 1. The molecule has 0 amide bonds. The third kappa shape index (κ3) is 1.52. The molecular formula is C13H18O. The number of benzene rings is 1. The Morgan fingerprint density at radius 3 is 2.64 bits per heavy atom. The standard InChI is InChI=1S/C13H18O/c1-3-6-13(7-8-13)11-9-10(2)4-5-12(11)14/h4-5,9,14H,3,6-8H2,1-2H3. The SMILES string of the molecule is CCCC1(c2cc(C)ccc2O)CC1. The Bertz CT molecular complexity index is 337. The van der Waals surface area contributed by atoms with Gasteiger partial charge in [-0.2, -0.15) is 0 Å². The Labute approximate surface area is 85.8 Å². The minimum atomic E-state index is 0.324. The van der Waals surface area contributed by atoms with Gasteiger partial charge in [-0.05, 0) is 37.7 Å². The van der Waals surface area contributed by atoms with Crippen molar-refractivity contribution in [3.63, 3.8) is 0 Å². The highest BCUT2D eigenvalue weighted by Crippen LogP contribution is 2.54. The van der Waals surface area contributed by atoms with Crippen molar-refractivity contribution in [2.75, 3.05) is 0 Å². The smallest absolute Gasteiger partial charge is 0.119 e. The molecule has 76 valence electrons. The summed E-state index contributed by atoms with van der Waals surface area (Å²) in [5.41, 5.74) is 2.75. The zero-order chi connectivity index (χ0) is 10.2. The van der Waals surface area contributed by atoms with Crippen LogP contribution < -0.4 is 0 Å². The first-order valence-corrected chi connectivity index (χ1v) is 5.48. The van der Waals surface area contributed by atoms with Crippen molar-refractivity contribution < 1.29 is 5.11 Å². The van der Waals surface area contributed by atoms with Crippen molar-refractivity contribution in [1.29, 1.82) is 0 Å². The molecule has 1 aliphatic rings. The Kier molecular flexibility index (Phi) is 2.26. The van der Waals surface area contributed by atoms with Gasteiger partial charge in [0.25, 0.3) is 0 Å². The second-order valence-corrected chi connectivity index (χ2v) is 4.55. The predicted octanol–water partition coefficient (Wildman–Crippen LogP) is 3.53. The lowest BCUT2D eigenvalue weighted by Gasteiger charge is -2.16. The number of hydrogen-bond acceptors (Lipinski definition) is 1. The van der Waals surface area contributed by atoms with E-state index < -0.39 is 0 Å². The van der Waals surface area contributed by atoms with Gasteiger partial charge < -0.3 is 5.11 Å². The molecule has 1 fully saturated rings. The molecule has 0 spiro atoms. The van der Waals surface area contributed by atoms with Crippen LogP contribution in [0.2, 0.25) is 0 Å². The summed E-state index contributed by atoms with van der Waals surface area (Å²) in [6, 6.07) is 5.96. The van der Waals surface area contributed by atoms with Crippen molar-refractivity contribution in [1.82, 2.24) is 0 Å². The van der Waals surface area contributed by atoms with Crippen LogP contribution in [0.4, 0.5) is 0 Å². The molecule has 0 radical (unpaired) electrons.